The average molecular weight is 285 g/mol. The number of carbonyl (C=O) groups is 1. The van der Waals surface area contributed by atoms with E-state index in [0.29, 0.717) is 5.56 Å². The number of non-ortho nitro benzene ring substituents is 1. The van der Waals surface area contributed by atoms with Gasteiger partial charge in [-0.05, 0) is 18.2 Å². The summed E-state index contributed by atoms with van der Waals surface area (Å²) in [7, 11) is 0. The molecule has 0 radical (unpaired) electrons. The first-order valence-electron chi connectivity index (χ1n) is 5.94. The van der Waals surface area contributed by atoms with E-state index in [1.54, 1.807) is 18.2 Å². The zero-order valence-corrected chi connectivity index (χ0v) is 10.8. The molecular weight excluding hydrogens is 274 g/mol. The van der Waals surface area contributed by atoms with Crippen LogP contribution in [-0.2, 0) is 0 Å². The maximum absolute atomic E-state index is 11.8. The number of hydrazone groups is 1. The quantitative estimate of drug-likeness (QED) is 0.509. The van der Waals surface area contributed by atoms with Crippen molar-refractivity contribution < 1.29 is 14.8 Å². The van der Waals surface area contributed by atoms with Crippen molar-refractivity contribution in [1.82, 2.24) is 5.43 Å². The molecule has 0 atom stereocenters. The van der Waals surface area contributed by atoms with Crippen LogP contribution in [0.25, 0.3) is 0 Å². The van der Waals surface area contributed by atoms with E-state index in [-0.39, 0.29) is 17.0 Å². The Labute approximate surface area is 119 Å². The summed E-state index contributed by atoms with van der Waals surface area (Å²) in [5.41, 5.74) is 2.63. The van der Waals surface area contributed by atoms with Crippen LogP contribution in [-0.4, -0.2) is 22.2 Å². The van der Waals surface area contributed by atoms with Gasteiger partial charge in [0.2, 0.25) is 0 Å². The molecule has 2 N–H and O–H groups in total. The molecule has 0 bridgehead atoms. The van der Waals surface area contributed by atoms with Gasteiger partial charge in [-0.3, -0.25) is 14.9 Å². The fraction of sp³-hybridized carbons (Fsp3) is 0. The lowest BCUT2D eigenvalue weighted by molar-refractivity contribution is -0.384. The molecule has 7 heteroatoms. The first kappa shape index (κ1) is 14.2. The Morgan fingerprint density at radius 3 is 2.71 bits per heavy atom. The van der Waals surface area contributed by atoms with Crippen molar-refractivity contribution in [2.45, 2.75) is 0 Å². The van der Waals surface area contributed by atoms with Crippen LogP contribution in [0.1, 0.15) is 15.9 Å². The SMILES string of the molecule is O=C(N/N=C/c1ccccc1O)c1cccc([N+](=O)[O-])c1. The van der Waals surface area contributed by atoms with E-state index < -0.39 is 10.8 Å². The van der Waals surface area contributed by atoms with Crippen LogP contribution < -0.4 is 5.43 Å². The molecule has 21 heavy (non-hydrogen) atoms. The van der Waals surface area contributed by atoms with Gasteiger partial charge in [0, 0.05) is 23.3 Å². The second-order valence-electron chi connectivity index (χ2n) is 4.07. The average Bonchev–Trinajstić information content (AvgIpc) is 2.49. The lowest BCUT2D eigenvalue weighted by atomic mass is 10.2. The lowest BCUT2D eigenvalue weighted by Crippen LogP contribution is -2.17. The largest absolute Gasteiger partial charge is 0.507 e. The predicted octanol–water partition coefficient (Wildman–Crippen LogP) is 2.06. The van der Waals surface area contributed by atoms with Crippen molar-refractivity contribution in [2.75, 3.05) is 0 Å². The molecule has 0 aromatic heterocycles. The molecule has 0 aliphatic rings. The Balaban J connectivity index is 2.07. The normalized spacial score (nSPS) is 10.5. The highest BCUT2D eigenvalue weighted by atomic mass is 16.6. The van der Waals surface area contributed by atoms with Gasteiger partial charge >= 0.3 is 0 Å². The van der Waals surface area contributed by atoms with Crippen molar-refractivity contribution in [1.29, 1.82) is 0 Å². The van der Waals surface area contributed by atoms with Gasteiger partial charge in [-0.15, -0.1) is 0 Å². The number of nitrogens with one attached hydrogen (secondary N) is 1. The van der Waals surface area contributed by atoms with Crippen molar-refractivity contribution >= 4 is 17.8 Å². The summed E-state index contributed by atoms with van der Waals surface area (Å²) >= 11 is 0. The van der Waals surface area contributed by atoms with Gasteiger partial charge in [0.05, 0.1) is 11.1 Å². The molecule has 0 aliphatic carbocycles. The molecule has 0 fully saturated rings. The van der Waals surface area contributed by atoms with Crippen LogP contribution in [0.3, 0.4) is 0 Å². The van der Waals surface area contributed by atoms with Crippen molar-refractivity contribution in [3.8, 4) is 5.75 Å². The molecule has 106 valence electrons. The topological polar surface area (TPSA) is 105 Å². The van der Waals surface area contributed by atoms with Crippen LogP contribution in [0.15, 0.2) is 53.6 Å². The second-order valence-corrected chi connectivity index (χ2v) is 4.07. The number of nitrogens with zero attached hydrogens (tertiary/aromatic N) is 2. The maximum Gasteiger partial charge on any atom is 0.271 e. The number of aromatic hydroxyl groups is 1. The van der Waals surface area contributed by atoms with Gasteiger partial charge in [0.25, 0.3) is 11.6 Å². The van der Waals surface area contributed by atoms with E-state index in [9.17, 15) is 20.0 Å². The fourth-order valence-electron chi connectivity index (χ4n) is 1.58. The molecule has 2 aromatic carbocycles. The Hall–Kier alpha value is -3.22. The first-order chi connectivity index (χ1) is 10.1. The van der Waals surface area contributed by atoms with Crippen LogP contribution in [0.2, 0.25) is 0 Å². The van der Waals surface area contributed by atoms with E-state index in [0.717, 1.165) is 6.07 Å². The molecule has 0 saturated carbocycles. The van der Waals surface area contributed by atoms with Crippen molar-refractivity contribution in [3.05, 3.63) is 69.8 Å². The molecule has 0 heterocycles. The second kappa shape index (κ2) is 6.29. The predicted molar refractivity (Wildman–Crippen MR) is 76.3 cm³/mol. The molecule has 0 spiro atoms. The minimum atomic E-state index is -0.581. The third-order valence-electron chi connectivity index (χ3n) is 2.63. The molecular formula is C14H11N3O4. The van der Waals surface area contributed by atoms with Crippen LogP contribution in [0.4, 0.5) is 5.69 Å². The number of nitro groups is 1. The Morgan fingerprint density at radius 2 is 2.00 bits per heavy atom. The molecule has 2 aromatic rings. The van der Waals surface area contributed by atoms with Crippen LogP contribution in [0.5, 0.6) is 5.75 Å². The van der Waals surface area contributed by atoms with Crippen LogP contribution >= 0.6 is 0 Å². The number of rotatable bonds is 4. The van der Waals surface area contributed by atoms with Gasteiger partial charge in [-0.2, -0.15) is 5.10 Å². The highest BCUT2D eigenvalue weighted by Crippen LogP contribution is 2.14. The Morgan fingerprint density at radius 1 is 1.24 bits per heavy atom. The maximum atomic E-state index is 11.8. The summed E-state index contributed by atoms with van der Waals surface area (Å²) < 4.78 is 0. The molecule has 0 unspecified atom stereocenters. The van der Waals surface area contributed by atoms with E-state index in [1.165, 1.54) is 30.5 Å². The fourth-order valence-corrected chi connectivity index (χ4v) is 1.58. The standard InChI is InChI=1S/C14H11N3O4/c18-13-7-2-1-4-11(13)9-15-16-14(19)10-5-3-6-12(8-10)17(20)21/h1-9,18H,(H,16,19)/b15-9+. The smallest absolute Gasteiger partial charge is 0.271 e. The number of carbonyl (C=O) groups excluding carboxylic acids is 1. The summed E-state index contributed by atoms with van der Waals surface area (Å²) in [6, 6.07) is 11.8. The summed E-state index contributed by atoms with van der Waals surface area (Å²) in [5.74, 6) is -0.545. The number of hydrogen-bond acceptors (Lipinski definition) is 5. The summed E-state index contributed by atoms with van der Waals surface area (Å²) in [6.07, 6.45) is 1.28. The summed E-state index contributed by atoms with van der Waals surface area (Å²) in [5, 5.41) is 23.8. The van der Waals surface area contributed by atoms with Gasteiger partial charge in [0.15, 0.2) is 0 Å². The third-order valence-corrected chi connectivity index (χ3v) is 2.63. The van der Waals surface area contributed by atoms with E-state index in [4.69, 9.17) is 0 Å². The lowest BCUT2D eigenvalue weighted by Gasteiger charge is -2.00. The minimum absolute atomic E-state index is 0.0332. The van der Waals surface area contributed by atoms with Crippen molar-refractivity contribution in [2.24, 2.45) is 5.10 Å². The minimum Gasteiger partial charge on any atom is -0.507 e. The molecule has 7 nitrogen and oxygen atoms in total. The van der Waals surface area contributed by atoms with Gasteiger partial charge < -0.3 is 5.11 Å². The molecule has 0 saturated heterocycles. The van der Waals surface area contributed by atoms with E-state index >= 15 is 0 Å². The number of amides is 1. The Kier molecular flexibility index (Phi) is 4.25. The number of benzene rings is 2. The van der Waals surface area contributed by atoms with Gasteiger partial charge in [0.1, 0.15) is 5.75 Å². The van der Waals surface area contributed by atoms with Crippen LogP contribution in [0, 0.1) is 10.1 Å². The summed E-state index contributed by atoms with van der Waals surface area (Å²) in [4.78, 5) is 21.8. The summed E-state index contributed by atoms with van der Waals surface area (Å²) in [6.45, 7) is 0. The Bertz CT molecular complexity index is 713. The highest BCUT2D eigenvalue weighted by molar-refractivity contribution is 5.95. The first-order valence-corrected chi connectivity index (χ1v) is 5.94. The number of hydrogen-bond donors (Lipinski definition) is 2. The van der Waals surface area contributed by atoms with Gasteiger partial charge in [-0.1, -0.05) is 18.2 Å². The number of para-hydroxylation sites is 1. The molecule has 2 rings (SSSR count). The number of phenols is 1. The molecule has 1 amide bonds. The van der Waals surface area contributed by atoms with Gasteiger partial charge in [-0.25, -0.2) is 5.43 Å². The third kappa shape index (κ3) is 3.63. The molecule has 0 aliphatic heterocycles. The van der Waals surface area contributed by atoms with E-state index in [2.05, 4.69) is 10.5 Å². The number of nitro benzene ring substituents is 1. The van der Waals surface area contributed by atoms with Crippen molar-refractivity contribution in [3.63, 3.8) is 0 Å². The monoisotopic (exact) mass is 285 g/mol. The van der Waals surface area contributed by atoms with E-state index in [1.807, 2.05) is 0 Å². The number of phenolic OH excluding ortho intramolecular Hbond substituents is 1. The zero-order valence-electron chi connectivity index (χ0n) is 10.8. The zero-order chi connectivity index (χ0) is 15.2. The highest BCUT2D eigenvalue weighted by Gasteiger charge is 2.10.